The number of nitrogens with one attached hydrogen (secondary N) is 1. The molecule has 152 valence electrons. The second-order valence-electron chi connectivity index (χ2n) is 6.94. The molecular weight excluding hydrogens is 414 g/mol. The molecule has 0 spiro atoms. The summed E-state index contributed by atoms with van der Waals surface area (Å²) in [6, 6.07) is 9.83. The van der Waals surface area contributed by atoms with E-state index < -0.39 is 16.1 Å². The van der Waals surface area contributed by atoms with Crippen LogP contribution in [0.2, 0.25) is 5.02 Å². The van der Waals surface area contributed by atoms with Crippen molar-refractivity contribution < 1.29 is 13.2 Å². The number of rotatable bonds is 4. The lowest BCUT2D eigenvalue weighted by Gasteiger charge is -2.28. The lowest BCUT2D eigenvalue weighted by Crippen LogP contribution is -2.37. The Hall–Kier alpha value is -2.65. The third kappa shape index (κ3) is 3.79. The van der Waals surface area contributed by atoms with Crippen molar-refractivity contribution in [2.24, 2.45) is 0 Å². The molecule has 10 heteroatoms. The SMILES string of the molecule is CC(NC(=O)c1ccc(N2CCCCS2(=O)=O)cc1Cl)c1nnc2ccccn12. The molecule has 1 saturated heterocycles. The second-order valence-corrected chi connectivity index (χ2v) is 9.36. The van der Waals surface area contributed by atoms with Gasteiger partial charge in [0.25, 0.3) is 5.91 Å². The molecule has 0 aliphatic carbocycles. The van der Waals surface area contributed by atoms with E-state index in [0.717, 1.165) is 6.42 Å². The van der Waals surface area contributed by atoms with E-state index >= 15 is 0 Å². The van der Waals surface area contributed by atoms with Gasteiger partial charge in [0.2, 0.25) is 10.0 Å². The van der Waals surface area contributed by atoms with E-state index in [0.29, 0.717) is 30.1 Å². The molecule has 0 saturated carbocycles. The van der Waals surface area contributed by atoms with Crippen LogP contribution < -0.4 is 9.62 Å². The van der Waals surface area contributed by atoms with Crippen LogP contribution in [0.1, 0.15) is 42.0 Å². The molecule has 1 unspecified atom stereocenters. The number of anilines is 1. The second kappa shape index (κ2) is 7.64. The van der Waals surface area contributed by atoms with Gasteiger partial charge >= 0.3 is 0 Å². The highest BCUT2D eigenvalue weighted by Crippen LogP contribution is 2.28. The summed E-state index contributed by atoms with van der Waals surface area (Å²) in [5.41, 5.74) is 1.43. The number of pyridine rings is 1. The molecule has 1 atom stereocenters. The standard InChI is InChI=1S/C19H20ClN5O3S/c1-13(18-23-22-17-6-2-3-9-24(17)18)21-19(26)15-8-7-14(12-16(15)20)25-10-4-5-11-29(25,27)28/h2-3,6-9,12-13H,4-5,10-11H2,1H3,(H,21,26). The fourth-order valence-electron chi connectivity index (χ4n) is 3.42. The number of benzene rings is 1. The number of halogens is 1. The molecule has 1 fully saturated rings. The van der Waals surface area contributed by atoms with Gasteiger partial charge < -0.3 is 5.32 Å². The maximum Gasteiger partial charge on any atom is 0.253 e. The highest BCUT2D eigenvalue weighted by atomic mass is 35.5. The van der Waals surface area contributed by atoms with E-state index in [1.807, 2.05) is 31.3 Å². The largest absolute Gasteiger partial charge is 0.342 e. The Labute approximate surface area is 173 Å². The Morgan fingerprint density at radius 2 is 2.03 bits per heavy atom. The molecule has 0 radical (unpaired) electrons. The van der Waals surface area contributed by atoms with Crippen molar-refractivity contribution in [2.45, 2.75) is 25.8 Å². The van der Waals surface area contributed by atoms with Crippen molar-refractivity contribution in [2.75, 3.05) is 16.6 Å². The van der Waals surface area contributed by atoms with Gasteiger partial charge in [0.05, 0.1) is 28.1 Å². The van der Waals surface area contributed by atoms with Gasteiger partial charge in [-0.05, 0) is 50.1 Å². The predicted molar refractivity (Wildman–Crippen MR) is 111 cm³/mol. The zero-order valence-electron chi connectivity index (χ0n) is 15.7. The van der Waals surface area contributed by atoms with Crippen molar-refractivity contribution in [1.82, 2.24) is 19.9 Å². The molecule has 1 aliphatic heterocycles. The zero-order chi connectivity index (χ0) is 20.6. The van der Waals surface area contributed by atoms with Gasteiger partial charge in [-0.3, -0.25) is 13.5 Å². The summed E-state index contributed by atoms with van der Waals surface area (Å²) >= 11 is 6.32. The van der Waals surface area contributed by atoms with Gasteiger partial charge in [-0.1, -0.05) is 17.7 Å². The van der Waals surface area contributed by atoms with Crippen LogP contribution in [0.4, 0.5) is 5.69 Å². The van der Waals surface area contributed by atoms with Crippen molar-refractivity contribution in [3.63, 3.8) is 0 Å². The lowest BCUT2D eigenvalue weighted by atomic mass is 10.1. The van der Waals surface area contributed by atoms with E-state index in [1.165, 1.54) is 10.4 Å². The van der Waals surface area contributed by atoms with Crippen molar-refractivity contribution in [3.05, 3.63) is 59.0 Å². The first-order valence-electron chi connectivity index (χ1n) is 9.27. The maximum atomic E-state index is 12.7. The van der Waals surface area contributed by atoms with Crippen LogP contribution in [0, 0.1) is 0 Å². The Morgan fingerprint density at radius 1 is 1.21 bits per heavy atom. The van der Waals surface area contributed by atoms with Crippen molar-refractivity contribution in [3.8, 4) is 0 Å². The zero-order valence-corrected chi connectivity index (χ0v) is 17.3. The van der Waals surface area contributed by atoms with E-state index in [9.17, 15) is 13.2 Å². The monoisotopic (exact) mass is 433 g/mol. The molecule has 1 aromatic carbocycles. The average Bonchev–Trinajstić information content (AvgIpc) is 3.11. The summed E-state index contributed by atoms with van der Waals surface area (Å²) in [5.74, 6) is 0.348. The highest BCUT2D eigenvalue weighted by molar-refractivity contribution is 7.92. The summed E-state index contributed by atoms with van der Waals surface area (Å²) < 4.78 is 27.7. The Bertz CT molecular complexity index is 1180. The number of nitrogens with zero attached hydrogens (tertiary/aromatic N) is 4. The molecule has 2 aromatic heterocycles. The minimum atomic E-state index is -3.34. The summed E-state index contributed by atoms with van der Waals surface area (Å²) in [6.45, 7) is 2.23. The molecule has 8 nitrogen and oxygen atoms in total. The first-order chi connectivity index (χ1) is 13.9. The van der Waals surface area contributed by atoms with E-state index in [4.69, 9.17) is 11.6 Å². The number of carbonyl (C=O) groups excluding carboxylic acids is 1. The van der Waals surface area contributed by atoms with Crippen LogP contribution in [-0.2, 0) is 10.0 Å². The van der Waals surface area contributed by atoms with Gasteiger partial charge in [-0.15, -0.1) is 10.2 Å². The van der Waals surface area contributed by atoms with Gasteiger partial charge in [-0.2, -0.15) is 0 Å². The minimum absolute atomic E-state index is 0.122. The average molecular weight is 434 g/mol. The van der Waals surface area contributed by atoms with Gasteiger partial charge in [0, 0.05) is 12.7 Å². The van der Waals surface area contributed by atoms with Crippen LogP contribution in [-0.4, -0.2) is 41.2 Å². The number of hydrogen-bond donors (Lipinski definition) is 1. The number of hydrogen-bond acceptors (Lipinski definition) is 5. The third-order valence-corrected chi connectivity index (χ3v) is 7.09. The summed E-state index contributed by atoms with van der Waals surface area (Å²) in [4.78, 5) is 12.7. The summed E-state index contributed by atoms with van der Waals surface area (Å²) in [6.07, 6.45) is 3.28. The quantitative estimate of drug-likeness (QED) is 0.682. The molecule has 3 heterocycles. The van der Waals surface area contributed by atoms with Crippen LogP contribution in [0.25, 0.3) is 5.65 Å². The Morgan fingerprint density at radius 3 is 2.79 bits per heavy atom. The number of fused-ring (bicyclic) bond motifs is 1. The van der Waals surface area contributed by atoms with Gasteiger partial charge in [0.15, 0.2) is 11.5 Å². The molecule has 1 aliphatic rings. The predicted octanol–water partition coefficient (Wildman–Crippen LogP) is 2.80. The van der Waals surface area contributed by atoms with E-state index in [1.54, 1.807) is 16.5 Å². The van der Waals surface area contributed by atoms with Crippen molar-refractivity contribution >= 4 is 38.9 Å². The van der Waals surface area contributed by atoms with Crippen LogP contribution in [0.5, 0.6) is 0 Å². The summed E-state index contributed by atoms with van der Waals surface area (Å²) in [7, 11) is -3.34. The number of sulfonamides is 1. The fourth-order valence-corrected chi connectivity index (χ4v) is 5.31. The normalized spacial score (nSPS) is 17.2. The molecule has 4 rings (SSSR count). The lowest BCUT2D eigenvalue weighted by molar-refractivity contribution is 0.0938. The molecule has 0 bridgehead atoms. The first-order valence-corrected chi connectivity index (χ1v) is 11.3. The third-order valence-electron chi connectivity index (χ3n) is 4.91. The Kier molecular flexibility index (Phi) is 5.18. The van der Waals surface area contributed by atoms with E-state index in [2.05, 4.69) is 15.5 Å². The number of aromatic nitrogens is 3. The summed E-state index contributed by atoms with van der Waals surface area (Å²) in [5, 5.41) is 11.3. The van der Waals surface area contributed by atoms with Crippen LogP contribution in [0.15, 0.2) is 42.6 Å². The van der Waals surface area contributed by atoms with Crippen LogP contribution >= 0.6 is 11.6 Å². The van der Waals surface area contributed by atoms with Crippen molar-refractivity contribution in [1.29, 1.82) is 0 Å². The smallest absolute Gasteiger partial charge is 0.253 e. The van der Waals surface area contributed by atoms with Gasteiger partial charge in [-0.25, -0.2) is 8.42 Å². The Balaban J connectivity index is 1.54. The number of carbonyl (C=O) groups is 1. The molecule has 29 heavy (non-hydrogen) atoms. The molecule has 1 amide bonds. The molecule has 3 aromatic rings. The maximum absolute atomic E-state index is 12.7. The fraction of sp³-hybridized carbons (Fsp3) is 0.316. The molecular formula is C19H20ClN5O3S. The topological polar surface area (TPSA) is 96.7 Å². The highest BCUT2D eigenvalue weighted by Gasteiger charge is 2.27. The first kappa shape index (κ1) is 19.7. The van der Waals surface area contributed by atoms with Gasteiger partial charge in [0.1, 0.15) is 0 Å². The van der Waals surface area contributed by atoms with Crippen LogP contribution in [0.3, 0.4) is 0 Å². The minimum Gasteiger partial charge on any atom is -0.342 e. The molecule has 1 N–H and O–H groups in total. The number of amides is 1. The van der Waals surface area contributed by atoms with E-state index in [-0.39, 0.29) is 22.2 Å².